The van der Waals surface area contributed by atoms with E-state index in [1.807, 2.05) is 41.2 Å². The van der Waals surface area contributed by atoms with Gasteiger partial charge in [-0.05, 0) is 17.7 Å². The van der Waals surface area contributed by atoms with Crippen LogP contribution >= 0.6 is 11.6 Å². The van der Waals surface area contributed by atoms with Gasteiger partial charge in [0.25, 0.3) is 0 Å². The molecule has 19 heavy (non-hydrogen) atoms. The van der Waals surface area contributed by atoms with Crippen LogP contribution in [0.1, 0.15) is 11.3 Å². The predicted molar refractivity (Wildman–Crippen MR) is 76.4 cm³/mol. The molecule has 0 aliphatic carbocycles. The van der Waals surface area contributed by atoms with Gasteiger partial charge in [0.05, 0.1) is 18.8 Å². The standard InChI is InChI=1S/C14H18ClN3O/c1-19-9-8-16-10-13-6-7-17-18(13)11-12-4-2-3-5-14(12)15/h2-7,16H,8-11H2,1H3. The molecule has 0 saturated heterocycles. The van der Waals surface area contributed by atoms with E-state index in [4.69, 9.17) is 16.3 Å². The van der Waals surface area contributed by atoms with E-state index in [0.717, 1.165) is 29.4 Å². The van der Waals surface area contributed by atoms with Gasteiger partial charge in [-0.2, -0.15) is 5.10 Å². The lowest BCUT2D eigenvalue weighted by Gasteiger charge is -2.09. The van der Waals surface area contributed by atoms with Crippen molar-refractivity contribution in [2.24, 2.45) is 0 Å². The zero-order valence-corrected chi connectivity index (χ0v) is 11.7. The Balaban J connectivity index is 1.98. The minimum atomic E-state index is 0.688. The Labute approximate surface area is 118 Å². The Morgan fingerprint density at radius 1 is 1.32 bits per heavy atom. The highest BCUT2D eigenvalue weighted by Crippen LogP contribution is 2.16. The number of halogens is 1. The summed E-state index contributed by atoms with van der Waals surface area (Å²) in [4.78, 5) is 0. The first-order valence-electron chi connectivity index (χ1n) is 6.25. The van der Waals surface area contributed by atoms with E-state index in [2.05, 4.69) is 10.4 Å². The van der Waals surface area contributed by atoms with Crippen LogP contribution in [0.4, 0.5) is 0 Å². The van der Waals surface area contributed by atoms with Crippen molar-refractivity contribution < 1.29 is 4.74 Å². The minimum absolute atomic E-state index is 0.688. The van der Waals surface area contributed by atoms with Gasteiger partial charge in [0, 0.05) is 31.4 Å². The second-order valence-electron chi connectivity index (χ2n) is 4.24. The molecule has 0 bridgehead atoms. The number of nitrogens with zero attached hydrogens (tertiary/aromatic N) is 2. The van der Waals surface area contributed by atoms with E-state index in [9.17, 15) is 0 Å². The third-order valence-electron chi connectivity index (χ3n) is 2.87. The van der Waals surface area contributed by atoms with Gasteiger partial charge < -0.3 is 10.1 Å². The molecule has 102 valence electrons. The molecule has 1 aromatic heterocycles. The normalized spacial score (nSPS) is 10.8. The van der Waals surface area contributed by atoms with Gasteiger partial charge in [0.2, 0.25) is 0 Å². The third kappa shape index (κ3) is 4.06. The molecule has 0 atom stereocenters. The fourth-order valence-electron chi connectivity index (χ4n) is 1.83. The van der Waals surface area contributed by atoms with E-state index in [1.165, 1.54) is 0 Å². The topological polar surface area (TPSA) is 39.1 Å². The zero-order valence-electron chi connectivity index (χ0n) is 11.0. The van der Waals surface area contributed by atoms with Crippen molar-refractivity contribution in [3.63, 3.8) is 0 Å². The Morgan fingerprint density at radius 2 is 2.16 bits per heavy atom. The quantitative estimate of drug-likeness (QED) is 0.791. The van der Waals surface area contributed by atoms with Gasteiger partial charge in [0.15, 0.2) is 0 Å². The molecule has 2 aromatic rings. The predicted octanol–water partition coefficient (Wildman–Crippen LogP) is 2.32. The van der Waals surface area contributed by atoms with E-state index in [0.29, 0.717) is 13.2 Å². The first kappa shape index (κ1) is 14.1. The van der Waals surface area contributed by atoms with Crippen LogP contribution in [0, 0.1) is 0 Å². The lowest BCUT2D eigenvalue weighted by molar-refractivity contribution is 0.199. The zero-order chi connectivity index (χ0) is 13.5. The summed E-state index contributed by atoms with van der Waals surface area (Å²) in [5, 5.41) is 8.42. The Morgan fingerprint density at radius 3 is 2.95 bits per heavy atom. The van der Waals surface area contributed by atoms with Gasteiger partial charge in [-0.15, -0.1) is 0 Å². The number of methoxy groups -OCH3 is 1. The summed E-state index contributed by atoms with van der Waals surface area (Å²) in [5.74, 6) is 0. The summed E-state index contributed by atoms with van der Waals surface area (Å²) in [6.45, 7) is 2.99. The molecule has 0 unspecified atom stereocenters. The first-order valence-corrected chi connectivity index (χ1v) is 6.63. The van der Waals surface area contributed by atoms with Crippen molar-refractivity contribution in [2.45, 2.75) is 13.1 Å². The van der Waals surface area contributed by atoms with Gasteiger partial charge in [-0.3, -0.25) is 4.68 Å². The molecule has 0 aliphatic rings. The van der Waals surface area contributed by atoms with Crippen molar-refractivity contribution in [1.82, 2.24) is 15.1 Å². The van der Waals surface area contributed by atoms with E-state index >= 15 is 0 Å². The molecule has 0 spiro atoms. The number of aromatic nitrogens is 2. The number of rotatable bonds is 7. The van der Waals surface area contributed by atoms with Crippen LogP contribution in [-0.2, 0) is 17.8 Å². The number of nitrogens with one attached hydrogen (secondary N) is 1. The van der Waals surface area contributed by atoms with Crippen molar-refractivity contribution >= 4 is 11.6 Å². The van der Waals surface area contributed by atoms with Crippen LogP contribution < -0.4 is 5.32 Å². The fraction of sp³-hybridized carbons (Fsp3) is 0.357. The molecule has 1 aromatic carbocycles. The highest BCUT2D eigenvalue weighted by molar-refractivity contribution is 6.31. The van der Waals surface area contributed by atoms with Gasteiger partial charge in [-0.1, -0.05) is 29.8 Å². The number of benzene rings is 1. The molecule has 0 aliphatic heterocycles. The summed E-state index contributed by atoms with van der Waals surface area (Å²) < 4.78 is 6.96. The SMILES string of the molecule is COCCNCc1ccnn1Cc1ccccc1Cl. The number of hydrogen-bond donors (Lipinski definition) is 1. The van der Waals surface area contributed by atoms with Crippen LogP contribution in [0.2, 0.25) is 5.02 Å². The van der Waals surface area contributed by atoms with Crippen molar-refractivity contribution in [2.75, 3.05) is 20.3 Å². The molecule has 0 saturated carbocycles. The van der Waals surface area contributed by atoms with Gasteiger partial charge >= 0.3 is 0 Å². The van der Waals surface area contributed by atoms with Crippen LogP contribution in [0.3, 0.4) is 0 Å². The lowest BCUT2D eigenvalue weighted by atomic mass is 10.2. The highest BCUT2D eigenvalue weighted by Gasteiger charge is 2.05. The van der Waals surface area contributed by atoms with Crippen LogP contribution in [-0.4, -0.2) is 30.0 Å². The summed E-state index contributed by atoms with van der Waals surface area (Å²) in [5.41, 5.74) is 2.21. The summed E-state index contributed by atoms with van der Waals surface area (Å²) in [7, 11) is 1.70. The fourth-order valence-corrected chi connectivity index (χ4v) is 2.03. The van der Waals surface area contributed by atoms with E-state index in [-0.39, 0.29) is 0 Å². The molecule has 0 radical (unpaired) electrons. The summed E-state index contributed by atoms with van der Waals surface area (Å²) in [6.07, 6.45) is 1.81. The second kappa shape index (κ2) is 7.28. The average Bonchev–Trinajstić information content (AvgIpc) is 2.85. The van der Waals surface area contributed by atoms with E-state index < -0.39 is 0 Å². The first-order chi connectivity index (χ1) is 9.31. The summed E-state index contributed by atoms with van der Waals surface area (Å²) in [6, 6.07) is 9.85. The molecule has 4 nitrogen and oxygen atoms in total. The maximum atomic E-state index is 6.17. The average molecular weight is 280 g/mol. The monoisotopic (exact) mass is 279 g/mol. The lowest BCUT2D eigenvalue weighted by Crippen LogP contribution is -2.21. The van der Waals surface area contributed by atoms with Gasteiger partial charge in [0.1, 0.15) is 0 Å². The molecule has 5 heteroatoms. The third-order valence-corrected chi connectivity index (χ3v) is 3.24. The Hall–Kier alpha value is -1.36. The largest absolute Gasteiger partial charge is 0.383 e. The van der Waals surface area contributed by atoms with Crippen molar-refractivity contribution in [1.29, 1.82) is 0 Å². The molecule has 1 N–H and O–H groups in total. The van der Waals surface area contributed by atoms with Gasteiger partial charge in [-0.25, -0.2) is 0 Å². The molecule has 0 amide bonds. The van der Waals surface area contributed by atoms with Crippen LogP contribution in [0.5, 0.6) is 0 Å². The summed E-state index contributed by atoms with van der Waals surface area (Å²) >= 11 is 6.17. The molecule has 0 fully saturated rings. The smallest absolute Gasteiger partial charge is 0.0677 e. The maximum absolute atomic E-state index is 6.17. The van der Waals surface area contributed by atoms with E-state index in [1.54, 1.807) is 7.11 Å². The highest BCUT2D eigenvalue weighted by atomic mass is 35.5. The Kier molecular flexibility index (Phi) is 5.39. The van der Waals surface area contributed by atoms with Crippen LogP contribution in [0.15, 0.2) is 36.5 Å². The minimum Gasteiger partial charge on any atom is -0.383 e. The van der Waals surface area contributed by atoms with Crippen molar-refractivity contribution in [3.05, 3.63) is 52.8 Å². The molecular weight excluding hydrogens is 262 g/mol. The number of hydrogen-bond acceptors (Lipinski definition) is 3. The van der Waals surface area contributed by atoms with Crippen LogP contribution in [0.25, 0.3) is 0 Å². The van der Waals surface area contributed by atoms with Crippen molar-refractivity contribution in [3.8, 4) is 0 Å². The molecule has 1 heterocycles. The maximum Gasteiger partial charge on any atom is 0.0677 e. The number of ether oxygens (including phenoxy) is 1. The molecule has 2 rings (SSSR count). The second-order valence-corrected chi connectivity index (χ2v) is 4.65. The Bertz CT molecular complexity index is 513. The molecular formula is C14H18ClN3O.